The summed E-state index contributed by atoms with van der Waals surface area (Å²) >= 11 is 3.35. The largest absolute Gasteiger partial charge is 0.325 e. The number of hydrogen-bond acceptors (Lipinski definition) is 5. The second-order valence-corrected chi connectivity index (χ2v) is 11.7. The van der Waals surface area contributed by atoms with Crippen molar-refractivity contribution < 1.29 is 21.6 Å². The summed E-state index contributed by atoms with van der Waals surface area (Å²) in [5, 5.41) is 7.67. The van der Waals surface area contributed by atoms with Gasteiger partial charge in [-0.15, -0.1) is 0 Å². The van der Waals surface area contributed by atoms with Gasteiger partial charge in [-0.2, -0.15) is 4.31 Å². The summed E-state index contributed by atoms with van der Waals surface area (Å²) in [7, 11) is -7.84. The molecule has 33 heavy (non-hydrogen) atoms. The zero-order valence-corrected chi connectivity index (χ0v) is 20.8. The number of amides is 1. The first kappa shape index (κ1) is 25.1. The van der Waals surface area contributed by atoms with Crippen molar-refractivity contribution in [3.63, 3.8) is 0 Å². The fraction of sp³-hybridized carbons (Fsp3) is 0.136. The van der Waals surface area contributed by atoms with E-state index in [-0.39, 0.29) is 16.3 Å². The molecule has 0 heterocycles. The summed E-state index contributed by atoms with van der Waals surface area (Å²) < 4.78 is 51.3. The molecule has 3 N–H and O–H groups in total. The minimum atomic E-state index is -3.97. The highest BCUT2D eigenvalue weighted by molar-refractivity contribution is 9.10. The van der Waals surface area contributed by atoms with Gasteiger partial charge in [-0.05, 0) is 61.0 Å². The molecule has 0 bridgehead atoms. The molecule has 0 aliphatic rings. The van der Waals surface area contributed by atoms with E-state index in [4.69, 9.17) is 5.14 Å². The van der Waals surface area contributed by atoms with Crippen molar-refractivity contribution in [2.75, 3.05) is 11.9 Å². The van der Waals surface area contributed by atoms with Crippen LogP contribution in [0.1, 0.15) is 11.1 Å². The van der Waals surface area contributed by atoms with Gasteiger partial charge >= 0.3 is 0 Å². The molecule has 0 atom stereocenters. The number of rotatable bonds is 8. The summed E-state index contributed by atoms with van der Waals surface area (Å²) in [5.41, 5.74) is 1.93. The Bertz CT molecular complexity index is 1340. The van der Waals surface area contributed by atoms with Gasteiger partial charge in [-0.3, -0.25) is 4.79 Å². The van der Waals surface area contributed by atoms with Crippen LogP contribution in [0.3, 0.4) is 0 Å². The predicted molar refractivity (Wildman–Crippen MR) is 129 cm³/mol. The monoisotopic (exact) mass is 551 g/mol. The number of nitrogens with one attached hydrogen (secondary N) is 1. The van der Waals surface area contributed by atoms with E-state index in [2.05, 4.69) is 21.2 Å². The van der Waals surface area contributed by atoms with Crippen LogP contribution < -0.4 is 10.5 Å². The fourth-order valence-electron chi connectivity index (χ4n) is 2.97. The molecule has 3 rings (SSSR count). The molecule has 11 heteroatoms. The SMILES string of the molecule is Cc1ccc(S(=O)(=O)N(CC(=O)Nc2ccc(S(N)(=O)=O)cc2)Cc2ccc(Br)cc2)cc1. The average molecular weight is 552 g/mol. The molecule has 0 saturated heterocycles. The minimum Gasteiger partial charge on any atom is -0.325 e. The second kappa shape index (κ2) is 10.1. The Morgan fingerprint density at radius 1 is 0.879 bits per heavy atom. The molecule has 0 spiro atoms. The molecule has 174 valence electrons. The van der Waals surface area contributed by atoms with Crippen LogP contribution in [0.15, 0.2) is 87.1 Å². The molecular formula is C22H22BrN3O5S2. The third-order valence-corrected chi connectivity index (χ3v) is 7.98. The second-order valence-electron chi connectivity index (χ2n) is 7.33. The van der Waals surface area contributed by atoms with Gasteiger partial charge in [0.1, 0.15) is 0 Å². The van der Waals surface area contributed by atoms with E-state index >= 15 is 0 Å². The predicted octanol–water partition coefficient (Wildman–Crippen LogP) is 3.23. The summed E-state index contributed by atoms with van der Waals surface area (Å²) in [5.74, 6) is -0.578. The van der Waals surface area contributed by atoms with Crippen LogP contribution in [0.4, 0.5) is 5.69 Å². The van der Waals surface area contributed by atoms with Gasteiger partial charge in [-0.1, -0.05) is 45.8 Å². The first-order chi connectivity index (χ1) is 15.4. The Labute approximate surface area is 201 Å². The van der Waals surface area contributed by atoms with Crippen LogP contribution >= 0.6 is 15.9 Å². The Morgan fingerprint density at radius 2 is 1.42 bits per heavy atom. The minimum absolute atomic E-state index is 0.0126. The quantitative estimate of drug-likeness (QED) is 0.444. The number of nitrogens with two attached hydrogens (primary N) is 1. The summed E-state index contributed by atoms with van der Waals surface area (Å²) in [6, 6.07) is 18.8. The summed E-state index contributed by atoms with van der Waals surface area (Å²) in [6.07, 6.45) is 0. The molecule has 0 fully saturated rings. The van der Waals surface area contributed by atoms with Crippen LogP contribution in [-0.2, 0) is 31.4 Å². The highest BCUT2D eigenvalue weighted by atomic mass is 79.9. The fourth-order valence-corrected chi connectivity index (χ4v) is 5.13. The van der Waals surface area contributed by atoms with Gasteiger partial charge < -0.3 is 5.32 Å². The van der Waals surface area contributed by atoms with Gasteiger partial charge in [0.15, 0.2) is 0 Å². The third kappa shape index (κ3) is 6.71. The first-order valence-electron chi connectivity index (χ1n) is 9.69. The first-order valence-corrected chi connectivity index (χ1v) is 13.5. The lowest BCUT2D eigenvalue weighted by Crippen LogP contribution is -2.37. The number of halogens is 1. The van der Waals surface area contributed by atoms with Crippen molar-refractivity contribution in [1.29, 1.82) is 0 Å². The van der Waals surface area contributed by atoms with E-state index in [1.165, 1.54) is 36.4 Å². The van der Waals surface area contributed by atoms with Crippen LogP contribution in [-0.4, -0.2) is 33.6 Å². The van der Waals surface area contributed by atoms with Crippen LogP contribution in [0.2, 0.25) is 0 Å². The van der Waals surface area contributed by atoms with Gasteiger partial charge in [0.25, 0.3) is 0 Å². The number of aryl methyl sites for hydroxylation is 1. The van der Waals surface area contributed by atoms with E-state index in [9.17, 15) is 21.6 Å². The number of benzene rings is 3. The molecule has 8 nitrogen and oxygen atoms in total. The smallest absolute Gasteiger partial charge is 0.243 e. The number of sulfonamides is 2. The van der Waals surface area contributed by atoms with Crippen LogP contribution in [0, 0.1) is 6.92 Å². The number of hydrogen-bond donors (Lipinski definition) is 2. The maximum Gasteiger partial charge on any atom is 0.243 e. The lowest BCUT2D eigenvalue weighted by atomic mass is 10.2. The average Bonchev–Trinajstić information content (AvgIpc) is 2.75. The molecule has 3 aromatic carbocycles. The number of carbonyl (C=O) groups excluding carboxylic acids is 1. The molecule has 1 amide bonds. The zero-order chi connectivity index (χ0) is 24.2. The van der Waals surface area contributed by atoms with E-state index in [0.29, 0.717) is 11.3 Å². The Hall–Kier alpha value is -2.57. The molecular weight excluding hydrogens is 530 g/mol. The van der Waals surface area contributed by atoms with Crippen molar-refractivity contribution >= 4 is 47.6 Å². The maximum atomic E-state index is 13.3. The summed E-state index contributed by atoms with van der Waals surface area (Å²) in [4.78, 5) is 12.7. The number of carbonyl (C=O) groups is 1. The Balaban J connectivity index is 1.84. The van der Waals surface area contributed by atoms with Crippen molar-refractivity contribution in [2.24, 2.45) is 5.14 Å². The van der Waals surface area contributed by atoms with Gasteiger partial charge in [0.2, 0.25) is 26.0 Å². The van der Waals surface area contributed by atoms with Gasteiger partial charge in [-0.25, -0.2) is 22.0 Å². The lowest BCUT2D eigenvalue weighted by Gasteiger charge is -2.22. The Kier molecular flexibility index (Phi) is 7.70. The van der Waals surface area contributed by atoms with E-state index in [0.717, 1.165) is 14.3 Å². The molecule has 0 aliphatic heterocycles. The number of primary sulfonamides is 1. The topological polar surface area (TPSA) is 127 Å². The maximum absolute atomic E-state index is 13.3. The van der Waals surface area contributed by atoms with E-state index < -0.39 is 32.5 Å². The normalized spacial score (nSPS) is 12.0. The highest BCUT2D eigenvalue weighted by Crippen LogP contribution is 2.21. The van der Waals surface area contributed by atoms with Gasteiger partial charge in [0.05, 0.1) is 16.3 Å². The van der Waals surface area contributed by atoms with E-state index in [1.54, 1.807) is 36.4 Å². The molecule has 0 unspecified atom stereocenters. The van der Waals surface area contributed by atoms with Crippen LogP contribution in [0.5, 0.6) is 0 Å². The van der Waals surface area contributed by atoms with Crippen molar-refractivity contribution in [3.8, 4) is 0 Å². The molecule has 0 aromatic heterocycles. The summed E-state index contributed by atoms with van der Waals surface area (Å²) in [6.45, 7) is 1.40. The third-order valence-electron chi connectivity index (χ3n) is 4.72. The van der Waals surface area contributed by atoms with Gasteiger partial charge in [0, 0.05) is 16.7 Å². The molecule has 0 aliphatic carbocycles. The zero-order valence-electron chi connectivity index (χ0n) is 17.6. The van der Waals surface area contributed by atoms with Crippen LogP contribution in [0.25, 0.3) is 0 Å². The van der Waals surface area contributed by atoms with Crippen molar-refractivity contribution in [2.45, 2.75) is 23.3 Å². The molecule has 0 radical (unpaired) electrons. The standard InChI is InChI=1S/C22H22BrN3O5S2/c1-16-2-10-21(11-3-16)33(30,31)26(14-17-4-6-18(23)7-5-17)15-22(27)25-19-8-12-20(13-9-19)32(24,28)29/h2-13H,14-15H2,1H3,(H,25,27)(H2,24,28,29). The number of anilines is 1. The molecule has 3 aromatic rings. The van der Waals surface area contributed by atoms with E-state index in [1.807, 2.05) is 6.92 Å². The molecule has 0 saturated carbocycles. The van der Waals surface area contributed by atoms with Crippen molar-refractivity contribution in [3.05, 3.63) is 88.4 Å². The highest BCUT2D eigenvalue weighted by Gasteiger charge is 2.27. The Morgan fingerprint density at radius 3 is 1.97 bits per heavy atom. The number of nitrogens with zero attached hydrogens (tertiary/aromatic N) is 1. The lowest BCUT2D eigenvalue weighted by molar-refractivity contribution is -0.116. The van der Waals surface area contributed by atoms with Crippen molar-refractivity contribution in [1.82, 2.24) is 4.31 Å².